The molecule has 6 heteroatoms. The second kappa shape index (κ2) is 7.50. The SMILES string of the molecule is CN=C(NCCCc1nnc2ccccn12)N1CC2(CCCC2)c2ccccc21. The zero-order valence-corrected chi connectivity index (χ0v) is 17.0. The van der Waals surface area contributed by atoms with E-state index in [1.807, 2.05) is 31.4 Å². The fourth-order valence-electron chi connectivity index (χ4n) is 5.10. The monoisotopic (exact) mass is 388 g/mol. The predicted octanol–water partition coefficient (Wildman–Crippen LogP) is 3.57. The van der Waals surface area contributed by atoms with Gasteiger partial charge in [-0.3, -0.25) is 9.39 Å². The number of aromatic nitrogens is 3. The van der Waals surface area contributed by atoms with Crippen molar-refractivity contribution >= 4 is 17.3 Å². The van der Waals surface area contributed by atoms with Crippen LogP contribution in [-0.2, 0) is 11.8 Å². The molecule has 1 aromatic carbocycles. The molecule has 3 aromatic rings. The van der Waals surface area contributed by atoms with Crippen molar-refractivity contribution in [3.8, 4) is 0 Å². The van der Waals surface area contributed by atoms with Crippen LogP contribution in [0.2, 0.25) is 0 Å². The average molecular weight is 389 g/mol. The second-order valence-corrected chi connectivity index (χ2v) is 8.21. The van der Waals surface area contributed by atoms with E-state index in [9.17, 15) is 0 Å². The Hall–Kier alpha value is -2.89. The van der Waals surface area contributed by atoms with Crippen LogP contribution in [0, 0.1) is 0 Å². The molecule has 3 heterocycles. The molecule has 0 radical (unpaired) electrons. The van der Waals surface area contributed by atoms with Gasteiger partial charge in [0.05, 0.1) is 0 Å². The highest BCUT2D eigenvalue weighted by Crippen LogP contribution is 2.50. The molecule has 5 rings (SSSR count). The van der Waals surface area contributed by atoms with E-state index < -0.39 is 0 Å². The molecule has 150 valence electrons. The molecule has 2 aliphatic rings. The molecule has 1 aliphatic heterocycles. The maximum absolute atomic E-state index is 4.61. The van der Waals surface area contributed by atoms with Crippen molar-refractivity contribution in [2.75, 3.05) is 25.0 Å². The minimum absolute atomic E-state index is 0.314. The lowest BCUT2D eigenvalue weighted by molar-refractivity contribution is 0.478. The minimum Gasteiger partial charge on any atom is -0.356 e. The zero-order valence-electron chi connectivity index (χ0n) is 17.0. The van der Waals surface area contributed by atoms with Gasteiger partial charge in [-0.05, 0) is 43.0 Å². The summed E-state index contributed by atoms with van der Waals surface area (Å²) in [5.41, 5.74) is 4.05. The van der Waals surface area contributed by atoms with E-state index in [0.717, 1.165) is 43.4 Å². The number of fused-ring (bicyclic) bond motifs is 3. The first-order valence-electron chi connectivity index (χ1n) is 10.7. The lowest BCUT2D eigenvalue weighted by atomic mass is 9.81. The summed E-state index contributed by atoms with van der Waals surface area (Å²) < 4.78 is 2.06. The van der Waals surface area contributed by atoms with Crippen molar-refractivity contribution in [2.45, 2.75) is 43.9 Å². The van der Waals surface area contributed by atoms with Gasteiger partial charge in [-0.2, -0.15) is 0 Å². The fourth-order valence-corrected chi connectivity index (χ4v) is 5.10. The lowest BCUT2D eigenvalue weighted by Crippen LogP contribution is -2.43. The van der Waals surface area contributed by atoms with Gasteiger partial charge in [0.15, 0.2) is 11.6 Å². The molecule has 0 amide bonds. The van der Waals surface area contributed by atoms with Crippen LogP contribution in [0.25, 0.3) is 5.65 Å². The van der Waals surface area contributed by atoms with Gasteiger partial charge in [0, 0.05) is 43.9 Å². The van der Waals surface area contributed by atoms with Crippen molar-refractivity contribution in [1.82, 2.24) is 19.9 Å². The van der Waals surface area contributed by atoms with Crippen LogP contribution in [0.4, 0.5) is 5.69 Å². The number of hydrogen-bond donors (Lipinski definition) is 1. The normalized spacial score (nSPS) is 18.0. The summed E-state index contributed by atoms with van der Waals surface area (Å²) in [6.45, 7) is 1.90. The van der Waals surface area contributed by atoms with E-state index in [2.05, 4.69) is 54.1 Å². The summed E-state index contributed by atoms with van der Waals surface area (Å²) in [6, 6.07) is 14.9. The summed E-state index contributed by atoms with van der Waals surface area (Å²) in [6.07, 6.45) is 9.14. The molecule has 29 heavy (non-hydrogen) atoms. The summed E-state index contributed by atoms with van der Waals surface area (Å²) in [7, 11) is 1.89. The Morgan fingerprint density at radius 3 is 2.79 bits per heavy atom. The highest BCUT2D eigenvalue weighted by atomic mass is 15.3. The number of nitrogens with zero attached hydrogens (tertiary/aromatic N) is 5. The molecule has 0 saturated heterocycles. The van der Waals surface area contributed by atoms with Crippen LogP contribution in [0.15, 0.2) is 53.7 Å². The molecule has 1 N–H and O–H groups in total. The lowest BCUT2D eigenvalue weighted by Gasteiger charge is -2.26. The van der Waals surface area contributed by atoms with Gasteiger partial charge < -0.3 is 10.2 Å². The standard InChI is InChI=1S/C23H28N6/c1-24-22(25-15-8-12-21-27-26-20-11-4-7-16-28(20)21)29-17-23(13-5-6-14-23)18-9-2-3-10-19(18)29/h2-4,7,9-11,16H,5-6,8,12-15,17H2,1H3,(H,24,25). The number of rotatable bonds is 4. The predicted molar refractivity (Wildman–Crippen MR) is 117 cm³/mol. The molecule has 0 bridgehead atoms. The van der Waals surface area contributed by atoms with Crippen LogP contribution in [0.5, 0.6) is 0 Å². The third-order valence-electron chi connectivity index (χ3n) is 6.50. The first-order valence-corrected chi connectivity index (χ1v) is 10.7. The third-order valence-corrected chi connectivity index (χ3v) is 6.50. The number of aryl methyl sites for hydroxylation is 1. The quantitative estimate of drug-likeness (QED) is 0.422. The van der Waals surface area contributed by atoms with Gasteiger partial charge in [0.2, 0.25) is 0 Å². The number of hydrogen-bond acceptors (Lipinski definition) is 3. The van der Waals surface area contributed by atoms with Gasteiger partial charge in [0.1, 0.15) is 5.82 Å². The topological polar surface area (TPSA) is 57.8 Å². The Kier molecular flexibility index (Phi) is 4.70. The molecule has 1 saturated carbocycles. The van der Waals surface area contributed by atoms with E-state index in [-0.39, 0.29) is 0 Å². The molecular formula is C23H28N6. The van der Waals surface area contributed by atoms with E-state index in [4.69, 9.17) is 0 Å². The van der Waals surface area contributed by atoms with Gasteiger partial charge in [-0.1, -0.05) is 37.1 Å². The molecule has 0 atom stereocenters. The van der Waals surface area contributed by atoms with Gasteiger partial charge in [0.25, 0.3) is 0 Å². The van der Waals surface area contributed by atoms with Crippen molar-refractivity contribution in [3.63, 3.8) is 0 Å². The van der Waals surface area contributed by atoms with Crippen LogP contribution in [0.1, 0.15) is 43.5 Å². The minimum atomic E-state index is 0.314. The van der Waals surface area contributed by atoms with Gasteiger partial charge >= 0.3 is 0 Å². The molecule has 2 aromatic heterocycles. The van der Waals surface area contributed by atoms with Crippen LogP contribution in [-0.4, -0.2) is 40.7 Å². The number of nitrogens with one attached hydrogen (secondary N) is 1. The Bertz CT molecular complexity index is 1030. The Morgan fingerprint density at radius 2 is 1.93 bits per heavy atom. The first-order chi connectivity index (χ1) is 14.3. The number of aliphatic imine (C=N–C) groups is 1. The molecule has 1 spiro atoms. The maximum atomic E-state index is 4.61. The number of guanidine groups is 1. The van der Waals surface area contributed by atoms with Gasteiger partial charge in [-0.25, -0.2) is 0 Å². The van der Waals surface area contributed by atoms with Gasteiger partial charge in [-0.15, -0.1) is 10.2 Å². The van der Waals surface area contributed by atoms with Crippen molar-refractivity contribution < 1.29 is 0 Å². The van der Waals surface area contributed by atoms with Crippen LogP contribution >= 0.6 is 0 Å². The average Bonchev–Trinajstić information content (AvgIpc) is 3.48. The van der Waals surface area contributed by atoms with Crippen LogP contribution < -0.4 is 10.2 Å². The van der Waals surface area contributed by atoms with E-state index in [1.54, 1.807) is 0 Å². The van der Waals surface area contributed by atoms with Crippen molar-refractivity contribution in [2.24, 2.45) is 4.99 Å². The summed E-state index contributed by atoms with van der Waals surface area (Å²) >= 11 is 0. The smallest absolute Gasteiger partial charge is 0.198 e. The second-order valence-electron chi connectivity index (χ2n) is 8.21. The largest absolute Gasteiger partial charge is 0.356 e. The molecule has 0 unspecified atom stereocenters. The number of para-hydroxylation sites is 1. The van der Waals surface area contributed by atoms with Crippen molar-refractivity contribution in [1.29, 1.82) is 0 Å². The molecular weight excluding hydrogens is 360 g/mol. The van der Waals surface area contributed by atoms with Crippen LogP contribution in [0.3, 0.4) is 0 Å². The van der Waals surface area contributed by atoms with E-state index in [1.165, 1.54) is 36.9 Å². The summed E-state index contributed by atoms with van der Waals surface area (Å²) in [4.78, 5) is 7.00. The highest BCUT2D eigenvalue weighted by Gasteiger charge is 2.45. The number of pyridine rings is 1. The number of benzene rings is 1. The maximum Gasteiger partial charge on any atom is 0.198 e. The first kappa shape index (κ1) is 18.2. The molecule has 1 aliphatic carbocycles. The Balaban J connectivity index is 1.25. The Labute approximate surface area is 171 Å². The summed E-state index contributed by atoms with van der Waals surface area (Å²) in [5, 5.41) is 12.2. The van der Waals surface area contributed by atoms with E-state index in [0.29, 0.717) is 5.41 Å². The number of anilines is 1. The molecule has 6 nitrogen and oxygen atoms in total. The molecule has 1 fully saturated rings. The fraction of sp³-hybridized carbons (Fsp3) is 0.435. The Morgan fingerprint density at radius 1 is 1.10 bits per heavy atom. The zero-order chi connectivity index (χ0) is 19.7. The third kappa shape index (κ3) is 3.16. The van der Waals surface area contributed by atoms with E-state index >= 15 is 0 Å². The summed E-state index contributed by atoms with van der Waals surface area (Å²) in [5.74, 6) is 1.99. The highest BCUT2D eigenvalue weighted by molar-refractivity contribution is 5.98. The van der Waals surface area contributed by atoms with Crippen molar-refractivity contribution in [3.05, 3.63) is 60.0 Å².